The first-order valence-electron chi connectivity index (χ1n) is 17.4. The third-order valence-electron chi connectivity index (χ3n) is 9.93. The number of nitrogens with zero attached hydrogens (tertiary/aromatic N) is 4. The van der Waals surface area contributed by atoms with Gasteiger partial charge in [-0.05, 0) is 108 Å². The zero-order chi connectivity index (χ0) is 34.2. The molecule has 5 heterocycles. The van der Waals surface area contributed by atoms with Crippen LogP contribution in [-0.2, 0) is 9.47 Å². The van der Waals surface area contributed by atoms with Crippen LogP contribution in [0.3, 0.4) is 0 Å². The van der Waals surface area contributed by atoms with Crippen molar-refractivity contribution in [1.29, 1.82) is 0 Å². The van der Waals surface area contributed by atoms with Crippen LogP contribution in [0.2, 0.25) is 0 Å². The zero-order valence-corrected chi connectivity index (χ0v) is 29.8. The second kappa shape index (κ2) is 11.6. The van der Waals surface area contributed by atoms with E-state index >= 15 is 0 Å². The highest BCUT2D eigenvalue weighted by atomic mass is 32.1. The molecule has 256 valence electrons. The molecule has 2 aliphatic heterocycles. The lowest BCUT2D eigenvalue weighted by Crippen LogP contribution is -2.43. The highest BCUT2D eigenvalue weighted by molar-refractivity contribution is 7.23. The van der Waals surface area contributed by atoms with E-state index in [2.05, 4.69) is 46.4 Å². The third-order valence-corrected chi connectivity index (χ3v) is 11.2. The number of rotatable bonds is 4. The van der Waals surface area contributed by atoms with Crippen molar-refractivity contribution in [3.05, 3.63) is 60.4 Å². The zero-order valence-electron chi connectivity index (χ0n) is 29.0. The van der Waals surface area contributed by atoms with Crippen molar-refractivity contribution in [3.63, 3.8) is 0 Å². The first kappa shape index (κ1) is 31.9. The summed E-state index contributed by atoms with van der Waals surface area (Å²) < 4.78 is 12.7. The molecule has 10 nitrogen and oxygen atoms in total. The number of H-pyrrole nitrogens is 2. The molecule has 2 aromatic carbocycles. The van der Waals surface area contributed by atoms with Crippen molar-refractivity contribution in [3.8, 4) is 21.8 Å². The van der Waals surface area contributed by atoms with Crippen LogP contribution in [0.5, 0.6) is 0 Å². The van der Waals surface area contributed by atoms with Gasteiger partial charge in [-0.15, -0.1) is 11.3 Å². The van der Waals surface area contributed by atoms with E-state index in [9.17, 15) is 9.59 Å². The fourth-order valence-electron chi connectivity index (χ4n) is 7.90. The molecule has 3 fully saturated rings. The lowest BCUT2D eigenvalue weighted by molar-refractivity contribution is 0.00613. The van der Waals surface area contributed by atoms with Crippen LogP contribution in [0.4, 0.5) is 9.59 Å². The van der Waals surface area contributed by atoms with Crippen molar-refractivity contribution in [2.45, 2.75) is 103 Å². The first-order chi connectivity index (χ1) is 23.3. The molecule has 5 aromatic rings. The fraction of sp³-hybridized carbons (Fsp3) is 0.474. The van der Waals surface area contributed by atoms with Gasteiger partial charge in [0.2, 0.25) is 0 Å². The Hall–Kier alpha value is -4.38. The number of hydrogen-bond acceptors (Lipinski definition) is 7. The van der Waals surface area contributed by atoms with Gasteiger partial charge < -0.3 is 19.4 Å². The molecule has 2 bridgehead atoms. The van der Waals surface area contributed by atoms with Crippen molar-refractivity contribution in [1.82, 2.24) is 29.7 Å². The topological polar surface area (TPSA) is 116 Å². The maximum Gasteiger partial charge on any atom is 0.411 e. The predicted octanol–water partition coefficient (Wildman–Crippen LogP) is 9.37. The highest BCUT2D eigenvalue weighted by Gasteiger charge is 2.51. The number of aromatic nitrogens is 4. The van der Waals surface area contributed by atoms with Crippen LogP contribution in [0.1, 0.15) is 97.4 Å². The number of thiophene rings is 1. The molecule has 4 atom stereocenters. The van der Waals surface area contributed by atoms with Crippen LogP contribution < -0.4 is 0 Å². The van der Waals surface area contributed by atoms with E-state index in [0.717, 1.165) is 71.0 Å². The summed E-state index contributed by atoms with van der Waals surface area (Å²) in [6, 6.07) is 13.1. The summed E-state index contributed by atoms with van der Waals surface area (Å²) >= 11 is 1.75. The molecule has 2 N–H and O–H groups in total. The predicted molar refractivity (Wildman–Crippen MR) is 191 cm³/mol. The molecular weight excluding hydrogens is 637 g/mol. The first-order valence-corrected chi connectivity index (χ1v) is 18.2. The average Bonchev–Trinajstić information content (AvgIpc) is 3.88. The molecule has 0 spiro atoms. The second-order valence-corrected chi connectivity index (χ2v) is 16.8. The Bertz CT molecular complexity index is 2070. The standard InChI is InChI=1S/C38H44N6O4S/c1-37(2,3)47-35(45)43-15-7-8-29(43)33-39-19-27(41-33)22-12-14-26-21(16-22)9-10-24-18-30(49-32(24)26)28-20-40-34(42-28)31-23-11-13-25(17-23)44(31)36(46)48-38(4,5)6/h9-10,12,14,16,18-20,23,25,29,31H,7-8,11,13,15,17H2,1-6H3,(H,39,41)(H,40,42)/t23?,25?,29-,31?/m0/s1. The highest BCUT2D eigenvalue weighted by Crippen LogP contribution is 2.50. The summed E-state index contributed by atoms with van der Waals surface area (Å²) in [5.74, 6) is 2.02. The van der Waals surface area contributed by atoms with E-state index in [1.165, 1.54) is 15.5 Å². The largest absolute Gasteiger partial charge is 0.444 e. The van der Waals surface area contributed by atoms with E-state index in [0.29, 0.717) is 12.5 Å². The van der Waals surface area contributed by atoms with Crippen LogP contribution in [-0.4, -0.2) is 65.7 Å². The SMILES string of the molecule is CC(C)(C)OC(=O)N1C2CCC(C2)C1c1ncc(-c2cc3ccc4cc(-c5cnc([C@@H]6CCCN6C(=O)OC(C)(C)C)[nH]5)ccc4c3s2)[nH]1. The summed E-state index contributed by atoms with van der Waals surface area (Å²) in [5.41, 5.74) is 1.85. The molecule has 3 aliphatic rings. The number of carbonyl (C=O) groups is 2. The Kier molecular flexibility index (Phi) is 7.55. The summed E-state index contributed by atoms with van der Waals surface area (Å²) in [5, 5.41) is 3.51. The van der Waals surface area contributed by atoms with Crippen LogP contribution in [0, 0.1) is 5.92 Å². The Morgan fingerprint density at radius 1 is 0.837 bits per heavy atom. The van der Waals surface area contributed by atoms with Gasteiger partial charge in [0.05, 0.1) is 40.7 Å². The van der Waals surface area contributed by atoms with Gasteiger partial charge in [-0.2, -0.15) is 0 Å². The second-order valence-electron chi connectivity index (χ2n) is 15.8. The molecule has 1 saturated carbocycles. The molecule has 1 aliphatic carbocycles. The number of fused-ring (bicyclic) bond motifs is 5. The minimum absolute atomic E-state index is 0.0898. The van der Waals surface area contributed by atoms with E-state index in [1.54, 1.807) is 16.2 Å². The van der Waals surface area contributed by atoms with Crippen molar-refractivity contribution < 1.29 is 19.1 Å². The molecule has 11 heteroatoms. The van der Waals surface area contributed by atoms with Crippen molar-refractivity contribution in [2.75, 3.05) is 6.54 Å². The quantitative estimate of drug-likeness (QED) is 0.195. The summed E-state index contributed by atoms with van der Waals surface area (Å²) in [7, 11) is 0. The van der Waals surface area contributed by atoms with Gasteiger partial charge in [0.25, 0.3) is 0 Å². The third kappa shape index (κ3) is 5.96. The monoisotopic (exact) mass is 680 g/mol. The fourth-order valence-corrected chi connectivity index (χ4v) is 9.06. The van der Waals surface area contributed by atoms with Crippen molar-refractivity contribution in [2.24, 2.45) is 5.92 Å². The Balaban J connectivity index is 1.04. The minimum atomic E-state index is -0.542. The molecule has 2 saturated heterocycles. The normalized spacial score (nSPS) is 22.5. The molecule has 2 amide bonds. The van der Waals surface area contributed by atoms with E-state index in [4.69, 9.17) is 19.4 Å². The number of carbonyl (C=O) groups excluding carboxylic acids is 2. The molecular formula is C38H44N6O4S. The van der Waals surface area contributed by atoms with Crippen LogP contribution >= 0.6 is 11.3 Å². The van der Waals surface area contributed by atoms with Gasteiger partial charge in [0.1, 0.15) is 22.9 Å². The molecule has 8 rings (SSSR count). The van der Waals surface area contributed by atoms with Crippen molar-refractivity contribution >= 4 is 44.4 Å². The number of hydrogen-bond donors (Lipinski definition) is 2. The Labute approximate surface area is 290 Å². The number of imidazole rings is 2. The number of piperidine rings is 1. The van der Waals surface area contributed by atoms with Gasteiger partial charge in [-0.25, -0.2) is 19.6 Å². The maximum absolute atomic E-state index is 13.2. The van der Waals surface area contributed by atoms with Gasteiger partial charge in [0.15, 0.2) is 0 Å². The number of aromatic amines is 2. The number of amides is 2. The summed E-state index contributed by atoms with van der Waals surface area (Å²) in [4.78, 5) is 47.6. The number of benzene rings is 2. The summed E-state index contributed by atoms with van der Waals surface area (Å²) in [6.45, 7) is 12.1. The van der Waals surface area contributed by atoms with E-state index in [-0.39, 0.29) is 30.3 Å². The number of ether oxygens (including phenoxy) is 2. The number of likely N-dealkylation sites (tertiary alicyclic amines) is 2. The summed E-state index contributed by atoms with van der Waals surface area (Å²) in [6.07, 6.45) is 8.12. The minimum Gasteiger partial charge on any atom is -0.444 e. The van der Waals surface area contributed by atoms with E-state index < -0.39 is 11.2 Å². The van der Waals surface area contributed by atoms with Crippen LogP contribution in [0.15, 0.2) is 48.8 Å². The van der Waals surface area contributed by atoms with Crippen LogP contribution in [0.25, 0.3) is 42.7 Å². The molecule has 3 aromatic heterocycles. The Morgan fingerprint density at radius 2 is 1.55 bits per heavy atom. The lowest BCUT2D eigenvalue weighted by atomic mass is 9.98. The Morgan fingerprint density at radius 3 is 2.35 bits per heavy atom. The molecule has 49 heavy (non-hydrogen) atoms. The van der Waals surface area contributed by atoms with Gasteiger partial charge in [-0.3, -0.25) is 9.80 Å². The van der Waals surface area contributed by atoms with Gasteiger partial charge in [0, 0.05) is 22.8 Å². The average molecular weight is 681 g/mol. The maximum atomic E-state index is 13.2. The number of nitrogens with one attached hydrogen (secondary N) is 2. The molecule has 3 unspecified atom stereocenters. The lowest BCUT2D eigenvalue weighted by Gasteiger charge is -2.35. The molecule has 0 radical (unpaired) electrons. The van der Waals surface area contributed by atoms with Gasteiger partial charge >= 0.3 is 12.2 Å². The smallest absolute Gasteiger partial charge is 0.411 e. The van der Waals surface area contributed by atoms with Gasteiger partial charge in [-0.1, -0.05) is 24.3 Å². The van der Waals surface area contributed by atoms with E-state index in [1.807, 2.05) is 58.8 Å².